The second-order valence-corrected chi connectivity index (χ2v) is 5.80. The Morgan fingerprint density at radius 1 is 1.35 bits per heavy atom. The van der Waals surface area contributed by atoms with Gasteiger partial charge in [0.2, 0.25) is 0 Å². The van der Waals surface area contributed by atoms with Crippen LogP contribution in [0.2, 0.25) is 0 Å². The SMILES string of the molecule is COCC(C)NC1CCOC2(CCCCC2)C1. The van der Waals surface area contributed by atoms with Gasteiger partial charge in [-0.2, -0.15) is 0 Å². The van der Waals surface area contributed by atoms with Crippen LogP contribution < -0.4 is 5.32 Å². The predicted molar refractivity (Wildman–Crippen MR) is 69.3 cm³/mol. The Kier molecular flexibility index (Phi) is 4.83. The fourth-order valence-electron chi connectivity index (χ4n) is 3.42. The van der Waals surface area contributed by atoms with Gasteiger partial charge in [-0.25, -0.2) is 0 Å². The normalized spacial score (nSPS) is 30.4. The summed E-state index contributed by atoms with van der Waals surface area (Å²) in [5, 5.41) is 3.69. The highest BCUT2D eigenvalue weighted by Gasteiger charge is 2.38. The molecule has 0 bridgehead atoms. The molecule has 1 heterocycles. The molecule has 0 radical (unpaired) electrons. The first-order valence-corrected chi connectivity index (χ1v) is 7.13. The monoisotopic (exact) mass is 241 g/mol. The van der Waals surface area contributed by atoms with Crippen molar-refractivity contribution in [1.82, 2.24) is 5.32 Å². The number of ether oxygens (including phenoxy) is 2. The van der Waals surface area contributed by atoms with Crippen molar-refractivity contribution < 1.29 is 9.47 Å². The molecule has 2 rings (SSSR count). The van der Waals surface area contributed by atoms with E-state index in [0.29, 0.717) is 12.1 Å². The third-order valence-corrected chi connectivity index (χ3v) is 4.19. The van der Waals surface area contributed by atoms with Gasteiger partial charge in [-0.15, -0.1) is 0 Å². The molecule has 1 N–H and O–H groups in total. The van der Waals surface area contributed by atoms with Crippen LogP contribution in [0.3, 0.4) is 0 Å². The molecule has 2 unspecified atom stereocenters. The molecule has 0 amide bonds. The molecular weight excluding hydrogens is 214 g/mol. The lowest BCUT2D eigenvalue weighted by atomic mass is 9.78. The molecule has 100 valence electrons. The van der Waals surface area contributed by atoms with E-state index in [-0.39, 0.29) is 5.60 Å². The van der Waals surface area contributed by atoms with Gasteiger partial charge in [0.15, 0.2) is 0 Å². The van der Waals surface area contributed by atoms with E-state index in [9.17, 15) is 0 Å². The van der Waals surface area contributed by atoms with Crippen LogP contribution >= 0.6 is 0 Å². The van der Waals surface area contributed by atoms with Gasteiger partial charge >= 0.3 is 0 Å². The Labute approximate surface area is 105 Å². The van der Waals surface area contributed by atoms with E-state index >= 15 is 0 Å². The molecule has 1 aliphatic heterocycles. The molecule has 17 heavy (non-hydrogen) atoms. The minimum Gasteiger partial charge on any atom is -0.383 e. The number of methoxy groups -OCH3 is 1. The minimum atomic E-state index is 0.209. The second-order valence-electron chi connectivity index (χ2n) is 5.80. The fourth-order valence-corrected chi connectivity index (χ4v) is 3.42. The Morgan fingerprint density at radius 2 is 2.12 bits per heavy atom. The van der Waals surface area contributed by atoms with Crippen LogP contribution in [0.5, 0.6) is 0 Å². The molecule has 1 spiro atoms. The largest absolute Gasteiger partial charge is 0.383 e. The molecule has 3 heteroatoms. The molecule has 2 fully saturated rings. The van der Waals surface area contributed by atoms with E-state index in [1.54, 1.807) is 7.11 Å². The van der Waals surface area contributed by atoms with Crippen molar-refractivity contribution in [2.24, 2.45) is 0 Å². The molecule has 1 saturated heterocycles. The lowest BCUT2D eigenvalue weighted by molar-refractivity contribution is -0.110. The first kappa shape index (κ1) is 13.3. The number of hydrogen-bond donors (Lipinski definition) is 1. The summed E-state index contributed by atoms with van der Waals surface area (Å²) in [6, 6.07) is 1.07. The Hall–Kier alpha value is -0.120. The lowest BCUT2D eigenvalue weighted by Crippen LogP contribution is -2.50. The molecule has 0 aromatic carbocycles. The van der Waals surface area contributed by atoms with Gasteiger partial charge in [0.1, 0.15) is 0 Å². The summed E-state index contributed by atoms with van der Waals surface area (Å²) < 4.78 is 11.3. The Bertz CT molecular complexity index is 221. The van der Waals surface area contributed by atoms with Crippen molar-refractivity contribution in [3.63, 3.8) is 0 Å². The van der Waals surface area contributed by atoms with Crippen LogP contribution in [-0.2, 0) is 9.47 Å². The maximum atomic E-state index is 6.11. The van der Waals surface area contributed by atoms with Gasteiger partial charge in [-0.3, -0.25) is 0 Å². The van der Waals surface area contributed by atoms with Crippen LogP contribution in [0, 0.1) is 0 Å². The average Bonchev–Trinajstić information content (AvgIpc) is 2.30. The first-order chi connectivity index (χ1) is 8.24. The van der Waals surface area contributed by atoms with Gasteiger partial charge in [0, 0.05) is 25.8 Å². The van der Waals surface area contributed by atoms with Crippen molar-refractivity contribution in [1.29, 1.82) is 0 Å². The van der Waals surface area contributed by atoms with E-state index in [0.717, 1.165) is 19.6 Å². The number of rotatable bonds is 4. The van der Waals surface area contributed by atoms with Crippen molar-refractivity contribution in [3.8, 4) is 0 Å². The quantitative estimate of drug-likeness (QED) is 0.820. The van der Waals surface area contributed by atoms with Gasteiger partial charge < -0.3 is 14.8 Å². The van der Waals surface area contributed by atoms with Crippen molar-refractivity contribution in [2.45, 2.75) is 69.6 Å². The van der Waals surface area contributed by atoms with Gasteiger partial charge in [0.25, 0.3) is 0 Å². The second kappa shape index (κ2) is 6.17. The summed E-state index contributed by atoms with van der Waals surface area (Å²) in [7, 11) is 1.77. The zero-order chi connectivity index (χ0) is 12.1. The van der Waals surface area contributed by atoms with Gasteiger partial charge in [0.05, 0.1) is 12.2 Å². The Balaban J connectivity index is 1.83. The standard InChI is InChI=1S/C14H27NO2/c1-12(11-16-2)15-13-6-9-17-14(10-13)7-4-3-5-8-14/h12-13,15H,3-11H2,1-2H3. The van der Waals surface area contributed by atoms with Crippen LogP contribution in [0.25, 0.3) is 0 Å². The smallest absolute Gasteiger partial charge is 0.0697 e. The summed E-state index contributed by atoms with van der Waals surface area (Å²) in [5.41, 5.74) is 0.209. The summed E-state index contributed by atoms with van der Waals surface area (Å²) >= 11 is 0. The summed E-state index contributed by atoms with van der Waals surface area (Å²) in [4.78, 5) is 0. The van der Waals surface area contributed by atoms with Crippen LogP contribution in [-0.4, -0.2) is 38.0 Å². The van der Waals surface area contributed by atoms with E-state index in [1.807, 2.05) is 0 Å². The van der Waals surface area contributed by atoms with E-state index in [4.69, 9.17) is 9.47 Å². The highest BCUT2D eigenvalue weighted by Crippen LogP contribution is 2.38. The third-order valence-electron chi connectivity index (χ3n) is 4.19. The summed E-state index contributed by atoms with van der Waals surface area (Å²) in [5.74, 6) is 0. The molecule has 1 aliphatic carbocycles. The molecule has 1 saturated carbocycles. The van der Waals surface area contributed by atoms with E-state index in [2.05, 4.69) is 12.2 Å². The van der Waals surface area contributed by atoms with Gasteiger partial charge in [-0.1, -0.05) is 19.3 Å². The zero-order valence-electron chi connectivity index (χ0n) is 11.3. The van der Waals surface area contributed by atoms with Crippen LogP contribution in [0.15, 0.2) is 0 Å². The topological polar surface area (TPSA) is 30.5 Å². The lowest BCUT2D eigenvalue weighted by Gasteiger charge is -2.44. The van der Waals surface area contributed by atoms with Crippen LogP contribution in [0.1, 0.15) is 51.9 Å². The highest BCUT2D eigenvalue weighted by molar-refractivity contribution is 4.92. The van der Waals surface area contributed by atoms with Crippen molar-refractivity contribution in [2.75, 3.05) is 20.3 Å². The fraction of sp³-hybridized carbons (Fsp3) is 1.00. The van der Waals surface area contributed by atoms with Crippen molar-refractivity contribution >= 4 is 0 Å². The Morgan fingerprint density at radius 3 is 2.82 bits per heavy atom. The van der Waals surface area contributed by atoms with E-state index < -0.39 is 0 Å². The maximum absolute atomic E-state index is 6.11. The molecule has 2 aliphatic rings. The molecule has 2 atom stereocenters. The highest BCUT2D eigenvalue weighted by atomic mass is 16.5. The summed E-state index contributed by atoms with van der Waals surface area (Å²) in [6.45, 7) is 3.92. The van der Waals surface area contributed by atoms with E-state index in [1.165, 1.54) is 38.5 Å². The third kappa shape index (κ3) is 3.67. The zero-order valence-corrected chi connectivity index (χ0v) is 11.3. The number of nitrogens with one attached hydrogen (secondary N) is 1. The predicted octanol–water partition coefficient (Wildman–Crippen LogP) is 2.49. The number of hydrogen-bond acceptors (Lipinski definition) is 3. The van der Waals surface area contributed by atoms with Gasteiger partial charge in [-0.05, 0) is 32.6 Å². The molecule has 0 aromatic heterocycles. The first-order valence-electron chi connectivity index (χ1n) is 7.13. The summed E-state index contributed by atoms with van der Waals surface area (Å²) in [6.07, 6.45) is 8.97. The molecule has 3 nitrogen and oxygen atoms in total. The maximum Gasteiger partial charge on any atom is 0.0697 e. The average molecular weight is 241 g/mol. The molecule has 0 aromatic rings. The van der Waals surface area contributed by atoms with Crippen molar-refractivity contribution in [3.05, 3.63) is 0 Å². The molecular formula is C14H27NO2. The van der Waals surface area contributed by atoms with Crippen LogP contribution in [0.4, 0.5) is 0 Å². The minimum absolute atomic E-state index is 0.209.